The second-order valence-electron chi connectivity index (χ2n) is 6.26. The van der Waals surface area contributed by atoms with Crippen molar-refractivity contribution in [2.45, 2.75) is 20.0 Å². The molecule has 0 spiro atoms. The van der Waals surface area contributed by atoms with Gasteiger partial charge in [-0.3, -0.25) is 9.79 Å². The smallest absolute Gasteiger partial charge is 0.218 e. The fraction of sp³-hybridized carbons (Fsp3) is 0.150. The summed E-state index contributed by atoms with van der Waals surface area (Å²) in [6, 6.07) is 15.5. The Morgan fingerprint density at radius 2 is 1.81 bits per heavy atom. The molecule has 0 fully saturated rings. The molecule has 130 valence electrons. The van der Waals surface area contributed by atoms with Gasteiger partial charge >= 0.3 is 0 Å². The van der Waals surface area contributed by atoms with Crippen LogP contribution in [0.1, 0.15) is 35.7 Å². The molecule has 1 aliphatic heterocycles. The maximum absolute atomic E-state index is 11.7. The van der Waals surface area contributed by atoms with E-state index in [1.807, 2.05) is 55.5 Å². The summed E-state index contributed by atoms with van der Waals surface area (Å²) in [5.74, 6) is 0.344. The first-order valence-corrected chi connectivity index (χ1v) is 8.31. The van der Waals surface area contributed by atoms with Crippen LogP contribution < -0.4 is 11.1 Å². The largest absolute Gasteiger partial charge is 0.399 e. The molecule has 1 unspecified atom stereocenters. The first-order chi connectivity index (χ1) is 12.5. The highest BCUT2D eigenvalue weighted by atomic mass is 16.5. The van der Waals surface area contributed by atoms with E-state index in [4.69, 9.17) is 15.2 Å². The zero-order valence-electron chi connectivity index (χ0n) is 14.5. The minimum absolute atomic E-state index is 0.193. The Morgan fingerprint density at radius 1 is 1.12 bits per heavy atom. The van der Waals surface area contributed by atoms with Crippen LogP contribution >= 0.6 is 0 Å². The second kappa shape index (κ2) is 6.15. The van der Waals surface area contributed by atoms with Crippen LogP contribution in [-0.2, 0) is 4.79 Å². The van der Waals surface area contributed by atoms with E-state index in [1.165, 1.54) is 6.92 Å². The molecule has 0 bridgehead atoms. The zero-order chi connectivity index (χ0) is 18.3. The highest BCUT2D eigenvalue weighted by molar-refractivity contribution is 6.17. The van der Waals surface area contributed by atoms with Crippen LogP contribution in [0.4, 0.5) is 5.69 Å². The van der Waals surface area contributed by atoms with E-state index < -0.39 is 6.17 Å². The third kappa shape index (κ3) is 2.65. The summed E-state index contributed by atoms with van der Waals surface area (Å²) >= 11 is 0. The number of fused-ring (bicyclic) bond motifs is 3. The quantitative estimate of drug-likeness (QED) is 0.697. The van der Waals surface area contributed by atoms with E-state index in [0.29, 0.717) is 11.4 Å². The number of anilines is 1. The molecule has 1 amide bonds. The SMILES string of the molecule is CC(=O)NC1N=C(c2ccc(N)cc2)c2ccccc2-c2c(C)noc21. The van der Waals surface area contributed by atoms with Crippen molar-refractivity contribution in [2.24, 2.45) is 4.99 Å². The molecular weight excluding hydrogens is 328 g/mol. The topological polar surface area (TPSA) is 93.5 Å². The van der Waals surface area contributed by atoms with Gasteiger partial charge < -0.3 is 15.6 Å². The molecule has 2 heterocycles. The average Bonchev–Trinajstić information content (AvgIpc) is 2.94. The number of hydrogen-bond donors (Lipinski definition) is 2. The minimum Gasteiger partial charge on any atom is -0.399 e. The third-order valence-corrected chi connectivity index (χ3v) is 4.37. The molecule has 26 heavy (non-hydrogen) atoms. The number of nitrogen functional groups attached to an aromatic ring is 1. The number of nitrogens with two attached hydrogens (primary N) is 1. The first kappa shape index (κ1) is 16.1. The maximum atomic E-state index is 11.7. The second-order valence-corrected chi connectivity index (χ2v) is 6.26. The van der Waals surface area contributed by atoms with Gasteiger partial charge in [0.25, 0.3) is 0 Å². The Balaban J connectivity index is 1.99. The van der Waals surface area contributed by atoms with Gasteiger partial charge in [0.05, 0.1) is 17.0 Å². The monoisotopic (exact) mass is 346 g/mol. The van der Waals surface area contributed by atoms with Crippen LogP contribution in [0.3, 0.4) is 0 Å². The summed E-state index contributed by atoms with van der Waals surface area (Å²) in [4.78, 5) is 16.6. The highest BCUT2D eigenvalue weighted by Crippen LogP contribution is 2.38. The normalized spacial score (nSPS) is 15.5. The van der Waals surface area contributed by atoms with Gasteiger partial charge in [-0.2, -0.15) is 0 Å². The number of aromatic nitrogens is 1. The van der Waals surface area contributed by atoms with Gasteiger partial charge in [0, 0.05) is 23.7 Å². The summed E-state index contributed by atoms with van der Waals surface area (Å²) in [7, 11) is 0. The summed E-state index contributed by atoms with van der Waals surface area (Å²) in [5, 5.41) is 6.95. The van der Waals surface area contributed by atoms with E-state index in [2.05, 4.69) is 10.5 Å². The third-order valence-electron chi connectivity index (χ3n) is 4.37. The highest BCUT2D eigenvalue weighted by Gasteiger charge is 2.30. The van der Waals surface area contributed by atoms with Crippen molar-refractivity contribution in [3.05, 3.63) is 71.1 Å². The van der Waals surface area contributed by atoms with Crippen molar-refractivity contribution >= 4 is 17.3 Å². The predicted octanol–water partition coefficient (Wildman–Crippen LogP) is 3.22. The molecule has 1 aromatic heterocycles. The lowest BCUT2D eigenvalue weighted by Crippen LogP contribution is -2.25. The lowest BCUT2D eigenvalue weighted by molar-refractivity contribution is -0.119. The number of aliphatic imine (C=N–C) groups is 1. The van der Waals surface area contributed by atoms with Crippen molar-refractivity contribution in [2.75, 3.05) is 5.73 Å². The number of carbonyl (C=O) groups is 1. The van der Waals surface area contributed by atoms with Crippen LogP contribution in [0.2, 0.25) is 0 Å². The van der Waals surface area contributed by atoms with Gasteiger partial charge in [0.1, 0.15) is 0 Å². The lowest BCUT2D eigenvalue weighted by atomic mass is 9.93. The van der Waals surface area contributed by atoms with Crippen molar-refractivity contribution in [1.29, 1.82) is 0 Å². The van der Waals surface area contributed by atoms with Crippen LogP contribution in [-0.4, -0.2) is 16.8 Å². The van der Waals surface area contributed by atoms with Crippen LogP contribution in [0.15, 0.2) is 58.0 Å². The van der Waals surface area contributed by atoms with E-state index >= 15 is 0 Å². The number of benzene rings is 2. The average molecular weight is 346 g/mol. The molecule has 6 heteroatoms. The number of nitrogens with zero attached hydrogens (tertiary/aromatic N) is 2. The Kier molecular flexibility index (Phi) is 3.80. The van der Waals surface area contributed by atoms with Gasteiger partial charge in [-0.05, 0) is 24.6 Å². The van der Waals surface area contributed by atoms with Gasteiger partial charge in [0.15, 0.2) is 11.9 Å². The predicted molar refractivity (Wildman–Crippen MR) is 99.7 cm³/mol. The maximum Gasteiger partial charge on any atom is 0.218 e. The molecular formula is C20H18N4O2. The van der Waals surface area contributed by atoms with Crippen molar-refractivity contribution < 1.29 is 9.32 Å². The van der Waals surface area contributed by atoms with Crippen LogP contribution in [0.5, 0.6) is 0 Å². The summed E-state index contributed by atoms with van der Waals surface area (Å²) in [6.45, 7) is 3.34. The molecule has 6 nitrogen and oxygen atoms in total. The van der Waals surface area contributed by atoms with E-state index in [-0.39, 0.29) is 5.91 Å². The lowest BCUT2D eigenvalue weighted by Gasteiger charge is -2.12. The van der Waals surface area contributed by atoms with Crippen molar-refractivity contribution in [1.82, 2.24) is 10.5 Å². The van der Waals surface area contributed by atoms with Crippen molar-refractivity contribution in [3.63, 3.8) is 0 Å². The van der Waals surface area contributed by atoms with Gasteiger partial charge in [0.2, 0.25) is 5.91 Å². The fourth-order valence-corrected chi connectivity index (χ4v) is 3.23. The molecule has 0 aliphatic carbocycles. The summed E-state index contributed by atoms with van der Waals surface area (Å²) < 4.78 is 5.55. The molecule has 0 saturated heterocycles. The molecule has 0 radical (unpaired) electrons. The number of carbonyl (C=O) groups excluding carboxylic acids is 1. The minimum atomic E-state index is -0.649. The van der Waals surface area contributed by atoms with E-state index in [9.17, 15) is 4.79 Å². The number of hydrogen-bond acceptors (Lipinski definition) is 5. The van der Waals surface area contributed by atoms with Crippen LogP contribution in [0.25, 0.3) is 11.1 Å². The zero-order valence-corrected chi connectivity index (χ0v) is 14.5. The molecule has 3 aromatic rings. The summed E-state index contributed by atoms with van der Waals surface area (Å²) in [6.07, 6.45) is -0.649. The molecule has 3 N–H and O–H groups in total. The molecule has 1 aliphatic rings. The van der Waals surface area contributed by atoms with Crippen molar-refractivity contribution in [3.8, 4) is 11.1 Å². The van der Waals surface area contributed by atoms with Gasteiger partial charge in [-0.15, -0.1) is 0 Å². The van der Waals surface area contributed by atoms with Gasteiger partial charge in [-0.1, -0.05) is 41.6 Å². The van der Waals surface area contributed by atoms with E-state index in [0.717, 1.165) is 33.7 Å². The Morgan fingerprint density at radius 3 is 2.50 bits per heavy atom. The Labute approximate surface area is 150 Å². The number of aryl methyl sites for hydroxylation is 1. The molecule has 2 aromatic carbocycles. The fourth-order valence-electron chi connectivity index (χ4n) is 3.23. The molecule has 4 rings (SSSR count). The first-order valence-electron chi connectivity index (χ1n) is 8.31. The Bertz CT molecular complexity index is 1020. The van der Waals surface area contributed by atoms with Crippen LogP contribution in [0, 0.1) is 6.92 Å². The summed E-state index contributed by atoms with van der Waals surface area (Å²) in [5.41, 5.74) is 11.8. The molecule has 0 saturated carbocycles. The van der Waals surface area contributed by atoms with Gasteiger partial charge in [-0.25, -0.2) is 0 Å². The number of amides is 1. The Hall–Kier alpha value is -3.41. The van der Waals surface area contributed by atoms with E-state index in [1.54, 1.807) is 0 Å². The standard InChI is InChI=1S/C20H18N4O2/c1-11-17-15-5-3-4-6-16(15)18(13-7-9-14(21)10-8-13)23-20(22-12(2)25)19(17)26-24-11/h3-10,20H,21H2,1-2H3,(H,22,25). The number of rotatable bonds is 2. The molecule has 1 atom stereocenters. The number of nitrogens with one attached hydrogen (secondary N) is 1.